The van der Waals surface area contributed by atoms with Crippen molar-refractivity contribution in [3.8, 4) is 0 Å². The van der Waals surface area contributed by atoms with Crippen LogP contribution in [0.2, 0.25) is 0 Å². The summed E-state index contributed by atoms with van der Waals surface area (Å²) >= 11 is 0. The van der Waals surface area contributed by atoms with Crippen LogP contribution in [0.25, 0.3) is 0 Å². The van der Waals surface area contributed by atoms with E-state index >= 15 is 0 Å². The summed E-state index contributed by atoms with van der Waals surface area (Å²) in [5, 5.41) is 0. The molecule has 0 atom stereocenters. The van der Waals surface area contributed by atoms with E-state index in [0.717, 1.165) is 25.7 Å². The number of hydrogen-bond acceptors (Lipinski definition) is 5. The summed E-state index contributed by atoms with van der Waals surface area (Å²) in [6, 6.07) is 0.0419. The lowest BCUT2D eigenvalue weighted by molar-refractivity contribution is -0.181. The molecule has 7 heteroatoms. The lowest BCUT2D eigenvalue weighted by atomic mass is 9.90. The molecule has 2 rings (SSSR count). The molecule has 1 aliphatic carbocycles. The Balaban J connectivity index is 1.90. The number of ether oxygens (including phenoxy) is 3. The van der Waals surface area contributed by atoms with E-state index in [1.807, 2.05) is 0 Å². The Morgan fingerprint density at radius 3 is 2.37 bits per heavy atom. The van der Waals surface area contributed by atoms with Crippen molar-refractivity contribution in [3.63, 3.8) is 0 Å². The maximum absolute atomic E-state index is 12.1. The fourth-order valence-corrected chi connectivity index (χ4v) is 4.08. The molecule has 19 heavy (non-hydrogen) atoms. The van der Waals surface area contributed by atoms with E-state index in [4.69, 9.17) is 14.2 Å². The molecule has 6 nitrogen and oxygen atoms in total. The first-order valence-electron chi connectivity index (χ1n) is 6.72. The van der Waals surface area contributed by atoms with Gasteiger partial charge in [-0.2, -0.15) is 0 Å². The topological polar surface area (TPSA) is 65.1 Å². The molecule has 1 aliphatic heterocycles. The highest BCUT2D eigenvalue weighted by Crippen LogP contribution is 2.37. The lowest BCUT2D eigenvalue weighted by Gasteiger charge is -2.38. The first-order chi connectivity index (χ1) is 8.99. The quantitative estimate of drug-likeness (QED) is 0.742. The van der Waals surface area contributed by atoms with Crippen molar-refractivity contribution in [2.75, 3.05) is 39.7 Å². The largest absolute Gasteiger partial charge is 0.384 e. The van der Waals surface area contributed by atoms with Crippen LogP contribution in [0, 0.1) is 0 Å². The van der Waals surface area contributed by atoms with Gasteiger partial charge in [0.1, 0.15) is 0 Å². The third kappa shape index (κ3) is 3.46. The molecule has 0 aromatic heterocycles. The van der Waals surface area contributed by atoms with Crippen LogP contribution in [0.5, 0.6) is 0 Å². The zero-order chi connectivity index (χ0) is 13.9. The summed E-state index contributed by atoms with van der Waals surface area (Å²) < 4.78 is 41.8. The van der Waals surface area contributed by atoms with Crippen LogP contribution in [-0.4, -0.2) is 64.3 Å². The number of rotatable bonds is 5. The minimum absolute atomic E-state index is 0.0364. The predicted octanol–water partition coefficient (Wildman–Crippen LogP) is 0.580. The standard InChI is InChI=1S/C12H23NO5S/c1-13(19(14,15)10-9-16-2)11-3-5-12(6-4-11)17-7-8-18-12/h11H,3-10H2,1-2H3. The molecule has 0 aromatic rings. The van der Waals surface area contributed by atoms with Crippen molar-refractivity contribution >= 4 is 10.0 Å². The lowest BCUT2D eigenvalue weighted by Crippen LogP contribution is -2.45. The third-order valence-electron chi connectivity index (χ3n) is 4.03. The minimum atomic E-state index is -3.23. The zero-order valence-corrected chi connectivity index (χ0v) is 12.4. The van der Waals surface area contributed by atoms with E-state index in [2.05, 4.69) is 0 Å². The van der Waals surface area contributed by atoms with Gasteiger partial charge in [0.05, 0.1) is 25.6 Å². The van der Waals surface area contributed by atoms with E-state index in [-0.39, 0.29) is 18.4 Å². The van der Waals surface area contributed by atoms with E-state index in [0.29, 0.717) is 13.2 Å². The summed E-state index contributed by atoms with van der Waals surface area (Å²) in [7, 11) is -0.0651. The van der Waals surface area contributed by atoms with Gasteiger partial charge in [0.2, 0.25) is 10.0 Å². The van der Waals surface area contributed by atoms with Gasteiger partial charge in [0.25, 0.3) is 0 Å². The minimum Gasteiger partial charge on any atom is -0.384 e. The summed E-state index contributed by atoms with van der Waals surface area (Å²) in [4.78, 5) is 0. The van der Waals surface area contributed by atoms with Crippen LogP contribution in [0.4, 0.5) is 0 Å². The number of methoxy groups -OCH3 is 1. The predicted molar refractivity (Wildman–Crippen MR) is 70.3 cm³/mol. The van der Waals surface area contributed by atoms with Crippen LogP contribution >= 0.6 is 0 Å². The van der Waals surface area contributed by atoms with Gasteiger partial charge in [-0.1, -0.05) is 0 Å². The SMILES string of the molecule is COCCS(=O)(=O)N(C)C1CCC2(CC1)OCCO2. The monoisotopic (exact) mass is 293 g/mol. The van der Waals surface area contributed by atoms with Crippen molar-refractivity contribution < 1.29 is 22.6 Å². The van der Waals surface area contributed by atoms with E-state index < -0.39 is 15.8 Å². The zero-order valence-electron chi connectivity index (χ0n) is 11.6. The normalized spacial score (nSPS) is 24.4. The molecule has 0 bridgehead atoms. The Hall–Kier alpha value is -0.210. The maximum Gasteiger partial charge on any atom is 0.216 e. The summed E-state index contributed by atoms with van der Waals surface area (Å²) in [6.07, 6.45) is 3.09. The maximum atomic E-state index is 12.1. The van der Waals surface area contributed by atoms with Gasteiger partial charge in [0.15, 0.2) is 5.79 Å². The number of nitrogens with zero attached hydrogens (tertiary/aromatic N) is 1. The summed E-state index contributed by atoms with van der Waals surface area (Å²) in [6.45, 7) is 1.52. The van der Waals surface area contributed by atoms with Gasteiger partial charge in [-0.3, -0.25) is 0 Å². The Kier molecular flexibility index (Phi) is 4.84. The molecular weight excluding hydrogens is 270 g/mol. The highest BCUT2D eigenvalue weighted by atomic mass is 32.2. The molecule has 2 fully saturated rings. The van der Waals surface area contributed by atoms with Crippen LogP contribution < -0.4 is 0 Å². The molecule has 1 spiro atoms. The smallest absolute Gasteiger partial charge is 0.216 e. The van der Waals surface area contributed by atoms with Crippen LogP contribution in [0.3, 0.4) is 0 Å². The molecule has 1 saturated heterocycles. The van der Waals surface area contributed by atoms with Gasteiger partial charge in [-0.05, 0) is 12.8 Å². The van der Waals surface area contributed by atoms with E-state index in [9.17, 15) is 8.42 Å². The fourth-order valence-electron chi connectivity index (χ4n) is 2.75. The molecule has 112 valence electrons. The highest BCUT2D eigenvalue weighted by molar-refractivity contribution is 7.89. The van der Waals surface area contributed by atoms with Gasteiger partial charge >= 0.3 is 0 Å². The van der Waals surface area contributed by atoms with Gasteiger partial charge < -0.3 is 14.2 Å². The third-order valence-corrected chi connectivity index (χ3v) is 5.89. The summed E-state index contributed by atoms with van der Waals surface area (Å²) in [5.74, 6) is -0.401. The molecular formula is C12H23NO5S. The Morgan fingerprint density at radius 2 is 1.84 bits per heavy atom. The molecule has 0 N–H and O–H groups in total. The van der Waals surface area contributed by atoms with Gasteiger partial charge in [-0.15, -0.1) is 0 Å². The van der Waals surface area contributed by atoms with E-state index in [1.165, 1.54) is 11.4 Å². The summed E-state index contributed by atoms with van der Waals surface area (Å²) in [5.41, 5.74) is 0. The molecule has 2 aliphatic rings. The van der Waals surface area contributed by atoms with Crippen LogP contribution in [-0.2, 0) is 24.2 Å². The van der Waals surface area contributed by atoms with Crippen molar-refractivity contribution in [2.45, 2.75) is 37.5 Å². The van der Waals surface area contributed by atoms with Crippen LogP contribution in [0.1, 0.15) is 25.7 Å². The Labute approximate surface area is 115 Å². The average Bonchev–Trinajstić information content (AvgIpc) is 2.85. The van der Waals surface area contributed by atoms with Crippen molar-refractivity contribution in [1.82, 2.24) is 4.31 Å². The molecule has 0 amide bonds. The molecule has 0 radical (unpaired) electrons. The highest BCUT2D eigenvalue weighted by Gasteiger charge is 2.42. The van der Waals surface area contributed by atoms with E-state index in [1.54, 1.807) is 7.05 Å². The first-order valence-corrected chi connectivity index (χ1v) is 8.33. The molecule has 1 heterocycles. The van der Waals surface area contributed by atoms with Crippen molar-refractivity contribution in [3.05, 3.63) is 0 Å². The Bertz CT molecular complexity index is 381. The second-order valence-corrected chi connectivity index (χ2v) is 7.31. The fraction of sp³-hybridized carbons (Fsp3) is 1.00. The van der Waals surface area contributed by atoms with Crippen molar-refractivity contribution in [2.24, 2.45) is 0 Å². The number of hydrogen-bond donors (Lipinski definition) is 0. The molecule has 0 unspecified atom stereocenters. The van der Waals surface area contributed by atoms with Crippen LogP contribution in [0.15, 0.2) is 0 Å². The molecule has 0 aromatic carbocycles. The van der Waals surface area contributed by atoms with Gasteiger partial charge in [0, 0.05) is 33.0 Å². The Morgan fingerprint density at radius 1 is 1.26 bits per heavy atom. The van der Waals surface area contributed by atoms with Crippen molar-refractivity contribution in [1.29, 1.82) is 0 Å². The van der Waals surface area contributed by atoms with Gasteiger partial charge in [-0.25, -0.2) is 12.7 Å². The number of sulfonamides is 1. The first kappa shape index (κ1) is 15.2. The second-order valence-electron chi connectivity index (χ2n) is 5.16. The molecule has 1 saturated carbocycles. The average molecular weight is 293 g/mol. The second kappa shape index (κ2) is 6.05.